The number of sulfonamides is 1. The molecule has 0 bridgehead atoms. The van der Waals surface area contributed by atoms with Crippen molar-refractivity contribution in [1.82, 2.24) is 4.72 Å². The molecule has 2 amide bonds. The summed E-state index contributed by atoms with van der Waals surface area (Å²) in [7, 11) is -3.74. The van der Waals surface area contributed by atoms with E-state index in [0.29, 0.717) is 5.56 Å². The fourth-order valence-electron chi connectivity index (χ4n) is 4.08. The predicted molar refractivity (Wildman–Crippen MR) is 107 cm³/mol. The van der Waals surface area contributed by atoms with Crippen molar-refractivity contribution in [2.24, 2.45) is 0 Å². The second kappa shape index (κ2) is 8.76. The van der Waals surface area contributed by atoms with Crippen LogP contribution in [0.5, 0.6) is 0 Å². The maximum absolute atomic E-state index is 12.4. The van der Waals surface area contributed by atoms with Gasteiger partial charge >= 0.3 is 6.03 Å². The molecule has 137 valence electrons. The molecule has 0 aromatic heterocycles. The number of hydrogen-bond acceptors (Lipinski definition) is 3. The number of fused-ring (bicyclic) bond motifs is 2. The van der Waals surface area contributed by atoms with Gasteiger partial charge in [-0.1, -0.05) is 36.4 Å². The molecule has 0 heterocycles. The Balaban J connectivity index is 0.00000210. The minimum absolute atomic E-state index is 0. The Morgan fingerprint density at radius 1 is 0.926 bits per heavy atom. The van der Waals surface area contributed by atoms with Crippen molar-refractivity contribution in [2.45, 2.75) is 44.3 Å². The van der Waals surface area contributed by atoms with Crippen LogP contribution in [0.2, 0.25) is 0 Å². The minimum Gasteiger partial charge on any atom is -0.307 e. The molecule has 0 aliphatic heterocycles. The number of urea groups is 1. The summed E-state index contributed by atoms with van der Waals surface area (Å²) >= 11 is 0. The molecule has 4 rings (SSSR count). The van der Waals surface area contributed by atoms with Crippen LogP contribution >= 0.6 is 0 Å². The first kappa shape index (κ1) is 21.0. The summed E-state index contributed by atoms with van der Waals surface area (Å²) in [6.07, 6.45) is 6.11. The molecule has 2 N–H and O–H groups in total. The number of anilines is 1. The van der Waals surface area contributed by atoms with Crippen molar-refractivity contribution >= 4 is 73.1 Å². The second-order valence-corrected chi connectivity index (χ2v) is 8.76. The predicted octanol–water partition coefficient (Wildman–Crippen LogP) is 2.93. The fourth-order valence-corrected chi connectivity index (χ4v) is 5.11. The van der Waals surface area contributed by atoms with Crippen molar-refractivity contribution in [2.75, 3.05) is 5.32 Å². The van der Waals surface area contributed by atoms with Crippen molar-refractivity contribution in [1.29, 1.82) is 0 Å². The topological polar surface area (TPSA) is 75.3 Å². The van der Waals surface area contributed by atoms with E-state index >= 15 is 0 Å². The average molecular weight is 410 g/mol. The zero-order valence-corrected chi connectivity index (χ0v) is 19.5. The molecule has 27 heavy (non-hydrogen) atoms. The van der Waals surface area contributed by atoms with Crippen LogP contribution < -0.4 is 10.0 Å². The van der Waals surface area contributed by atoms with Crippen molar-refractivity contribution in [3.8, 4) is 0 Å². The third-order valence-corrected chi connectivity index (χ3v) is 6.37. The molecule has 2 aliphatic rings. The number of nitrogens with one attached hydrogen (secondary N) is 2. The third kappa shape index (κ3) is 4.83. The first-order valence-electron chi connectivity index (χ1n) is 9.04. The van der Waals surface area contributed by atoms with E-state index < -0.39 is 16.1 Å². The van der Waals surface area contributed by atoms with E-state index in [1.54, 1.807) is 24.3 Å². The van der Waals surface area contributed by atoms with Crippen molar-refractivity contribution < 1.29 is 13.2 Å². The number of rotatable bonds is 4. The molecule has 1 radical (unpaired) electrons. The van der Waals surface area contributed by atoms with Gasteiger partial charge in [0.05, 0.1) is 5.75 Å². The van der Waals surface area contributed by atoms with Crippen LogP contribution in [0.25, 0.3) is 0 Å². The smallest absolute Gasteiger partial charge is 0.307 e. The van der Waals surface area contributed by atoms with E-state index in [2.05, 4.69) is 16.1 Å². The number of carbonyl (C=O) groups is 1. The van der Waals surface area contributed by atoms with Crippen LogP contribution in [0.1, 0.15) is 40.7 Å². The Labute approximate surface area is 202 Å². The molecule has 0 spiro atoms. The van der Waals surface area contributed by atoms with Gasteiger partial charge < -0.3 is 5.32 Å². The van der Waals surface area contributed by atoms with Gasteiger partial charge in [0.25, 0.3) is 0 Å². The van der Waals surface area contributed by atoms with Crippen LogP contribution in [0.3, 0.4) is 0 Å². The molecule has 0 saturated carbocycles. The van der Waals surface area contributed by atoms with Gasteiger partial charge in [0, 0.05) is 57.1 Å². The summed E-state index contributed by atoms with van der Waals surface area (Å²) in [5.74, 6) is -0.216. The molecular formula is C20H22KN2O3S. The number of hydrogen-bond donors (Lipinski definition) is 2. The molecule has 5 nitrogen and oxygen atoms in total. The minimum atomic E-state index is -3.74. The Morgan fingerprint density at radius 3 is 2.11 bits per heavy atom. The van der Waals surface area contributed by atoms with Gasteiger partial charge in [0.2, 0.25) is 10.0 Å². The van der Waals surface area contributed by atoms with Gasteiger partial charge in [-0.2, -0.15) is 0 Å². The monoisotopic (exact) mass is 409 g/mol. The second-order valence-electron chi connectivity index (χ2n) is 7.03. The van der Waals surface area contributed by atoms with Gasteiger partial charge in [-0.15, -0.1) is 0 Å². The van der Waals surface area contributed by atoms with E-state index in [9.17, 15) is 13.2 Å². The van der Waals surface area contributed by atoms with Crippen LogP contribution in [0.4, 0.5) is 10.5 Å². The van der Waals surface area contributed by atoms with Crippen LogP contribution in [-0.2, 0) is 41.5 Å². The first-order chi connectivity index (χ1) is 12.5. The molecule has 0 fully saturated rings. The number of carbonyl (C=O) groups excluding carboxylic acids is 1. The normalized spacial score (nSPS) is 14.8. The van der Waals surface area contributed by atoms with Gasteiger partial charge in [-0.05, 0) is 66.3 Å². The Bertz CT molecular complexity index is 927. The number of amides is 2. The summed E-state index contributed by atoms with van der Waals surface area (Å²) in [4.78, 5) is 12.4. The Morgan fingerprint density at radius 2 is 1.52 bits per heavy atom. The Kier molecular flexibility index (Phi) is 6.82. The summed E-state index contributed by atoms with van der Waals surface area (Å²) < 4.78 is 26.8. The molecule has 0 saturated heterocycles. The largest absolute Gasteiger partial charge is 0.332 e. The SMILES string of the molecule is O=C(Nc1c2c(cc3c1CCC3)CCC2)NS(=O)(=O)Cc1ccccc1.[K]. The van der Waals surface area contributed by atoms with E-state index in [4.69, 9.17) is 0 Å². The van der Waals surface area contributed by atoms with E-state index in [1.807, 2.05) is 6.07 Å². The van der Waals surface area contributed by atoms with E-state index in [-0.39, 0.29) is 57.1 Å². The van der Waals surface area contributed by atoms with Gasteiger partial charge in [-0.25, -0.2) is 17.9 Å². The van der Waals surface area contributed by atoms with Crippen LogP contribution in [0, 0.1) is 0 Å². The molecule has 0 unspecified atom stereocenters. The first-order valence-corrected chi connectivity index (χ1v) is 10.7. The van der Waals surface area contributed by atoms with Gasteiger partial charge in [-0.3, -0.25) is 0 Å². The molecule has 2 aromatic carbocycles. The molecule has 0 atom stereocenters. The summed E-state index contributed by atoms with van der Waals surface area (Å²) in [5, 5.41) is 2.86. The Hall–Kier alpha value is -0.704. The molecule has 2 aromatic rings. The third-order valence-electron chi connectivity index (χ3n) is 5.16. The molecule has 2 aliphatic carbocycles. The molecule has 7 heteroatoms. The number of benzene rings is 2. The zero-order valence-electron chi connectivity index (χ0n) is 15.5. The standard InChI is InChI=1S/C20H22N2O3S.K/c23-20(22-26(24,25)13-14-6-2-1-3-7-14)21-19-17-10-4-8-15(17)12-16-9-5-11-18(16)19;/h1-3,6-7,12H,4-5,8-11,13H2,(H2,21,22,23);. The summed E-state index contributed by atoms with van der Waals surface area (Å²) in [6, 6.07) is 10.5. The maximum atomic E-state index is 12.4. The average Bonchev–Trinajstić information content (AvgIpc) is 3.23. The van der Waals surface area contributed by atoms with Crippen molar-refractivity contribution in [3.63, 3.8) is 0 Å². The number of aryl methyl sites for hydroxylation is 2. The van der Waals surface area contributed by atoms with Gasteiger partial charge in [0.1, 0.15) is 0 Å². The fraction of sp³-hybridized carbons (Fsp3) is 0.350. The van der Waals surface area contributed by atoms with Crippen LogP contribution in [-0.4, -0.2) is 65.8 Å². The van der Waals surface area contributed by atoms with Crippen molar-refractivity contribution in [3.05, 3.63) is 64.2 Å². The maximum Gasteiger partial charge on any atom is 0.332 e. The van der Waals surface area contributed by atoms with E-state index in [1.165, 1.54) is 22.3 Å². The summed E-state index contributed by atoms with van der Waals surface area (Å²) in [6.45, 7) is 0. The zero-order chi connectivity index (χ0) is 18.1. The van der Waals surface area contributed by atoms with E-state index in [0.717, 1.165) is 44.2 Å². The van der Waals surface area contributed by atoms with Gasteiger partial charge in [0.15, 0.2) is 0 Å². The summed E-state index contributed by atoms with van der Waals surface area (Å²) in [5.41, 5.74) is 6.46. The quantitative estimate of drug-likeness (QED) is 0.763. The van der Waals surface area contributed by atoms with Crippen LogP contribution in [0.15, 0.2) is 36.4 Å². The molecular weight excluding hydrogens is 387 g/mol.